The fraction of sp³-hybridized carbons (Fsp3) is 0.286. The molecule has 2 aromatic carbocycles. The van der Waals surface area contributed by atoms with Gasteiger partial charge in [-0.25, -0.2) is 10.3 Å². The van der Waals surface area contributed by atoms with Crippen molar-refractivity contribution in [2.75, 3.05) is 6.61 Å². The van der Waals surface area contributed by atoms with E-state index in [9.17, 15) is 14.8 Å². The van der Waals surface area contributed by atoms with Gasteiger partial charge in [0.25, 0.3) is 0 Å². The van der Waals surface area contributed by atoms with Crippen molar-refractivity contribution < 1.29 is 19.2 Å². The molecule has 1 amide bonds. The summed E-state index contributed by atoms with van der Waals surface area (Å²) < 4.78 is 11.1. The first-order valence-corrected chi connectivity index (χ1v) is 11.4. The van der Waals surface area contributed by atoms with Gasteiger partial charge in [-0.1, -0.05) is 65.8 Å². The van der Waals surface area contributed by atoms with Crippen molar-refractivity contribution in [1.82, 2.24) is 5.48 Å². The summed E-state index contributed by atoms with van der Waals surface area (Å²) in [6.07, 6.45) is 7.16. The number of benzene rings is 2. The smallest absolute Gasteiger partial charge is 0.339 e. The molecule has 0 aliphatic heterocycles. The number of allylic oxidation sites excluding steroid dienone is 3. The number of rotatable bonds is 11. The summed E-state index contributed by atoms with van der Waals surface area (Å²) in [5.74, 6) is -1.10. The highest BCUT2D eigenvalue weighted by Gasteiger charge is 2.21. The first-order valence-electron chi connectivity index (χ1n) is 11.4. The minimum Gasteiger partial charge on any atom is -0.423 e. The van der Waals surface area contributed by atoms with Crippen LogP contribution < -0.4 is 11.1 Å². The van der Waals surface area contributed by atoms with Crippen molar-refractivity contribution in [3.8, 4) is 0 Å². The second kappa shape index (κ2) is 12.7. The molecule has 178 valence electrons. The van der Waals surface area contributed by atoms with E-state index in [1.54, 1.807) is 17.6 Å². The molecule has 1 atom stereocenters. The van der Waals surface area contributed by atoms with Gasteiger partial charge in [0, 0.05) is 16.9 Å². The number of ether oxygens (including phenoxy) is 1. The second-order valence-corrected chi connectivity index (χ2v) is 8.28. The SMILES string of the molecule is C/C=C(\C=C/COCc1ccccc1)CCC(Cc1cc2cc(C)ccc2oc1=O)C(=O)NO. The van der Waals surface area contributed by atoms with Gasteiger partial charge in [0.15, 0.2) is 0 Å². The lowest BCUT2D eigenvalue weighted by atomic mass is 9.92. The second-order valence-electron chi connectivity index (χ2n) is 8.28. The number of hydrogen-bond acceptors (Lipinski definition) is 5. The molecule has 1 aromatic heterocycles. The van der Waals surface area contributed by atoms with Gasteiger partial charge in [0.05, 0.1) is 13.2 Å². The molecule has 6 heteroatoms. The van der Waals surface area contributed by atoms with Crippen LogP contribution in [0, 0.1) is 12.8 Å². The van der Waals surface area contributed by atoms with Crippen LogP contribution >= 0.6 is 0 Å². The zero-order valence-corrected chi connectivity index (χ0v) is 19.6. The van der Waals surface area contributed by atoms with E-state index in [0.29, 0.717) is 37.2 Å². The maximum absolute atomic E-state index is 12.5. The molecule has 1 unspecified atom stereocenters. The summed E-state index contributed by atoms with van der Waals surface area (Å²) in [7, 11) is 0. The van der Waals surface area contributed by atoms with Crippen molar-refractivity contribution in [3.05, 3.63) is 106 Å². The summed E-state index contributed by atoms with van der Waals surface area (Å²) in [6, 6.07) is 17.3. The first kappa shape index (κ1) is 25.1. The van der Waals surface area contributed by atoms with Crippen LogP contribution in [-0.4, -0.2) is 17.7 Å². The van der Waals surface area contributed by atoms with Gasteiger partial charge in [-0.15, -0.1) is 0 Å². The van der Waals surface area contributed by atoms with Crippen LogP contribution in [0.2, 0.25) is 0 Å². The van der Waals surface area contributed by atoms with Crippen molar-refractivity contribution in [1.29, 1.82) is 0 Å². The number of aryl methyl sites for hydroxylation is 1. The van der Waals surface area contributed by atoms with Crippen molar-refractivity contribution in [2.45, 2.75) is 39.7 Å². The molecule has 3 rings (SSSR count). The number of hydrogen-bond donors (Lipinski definition) is 2. The molecular formula is C28H31NO5. The lowest BCUT2D eigenvalue weighted by Gasteiger charge is -2.15. The predicted molar refractivity (Wildman–Crippen MR) is 133 cm³/mol. The predicted octanol–water partition coefficient (Wildman–Crippen LogP) is 5.27. The lowest BCUT2D eigenvalue weighted by Crippen LogP contribution is -2.30. The Hall–Kier alpha value is -3.48. The number of nitrogens with one attached hydrogen (secondary N) is 1. The van der Waals surface area contributed by atoms with Gasteiger partial charge in [-0.3, -0.25) is 10.0 Å². The Labute approximate surface area is 199 Å². The summed E-state index contributed by atoms with van der Waals surface area (Å²) in [5, 5.41) is 10.0. The monoisotopic (exact) mass is 461 g/mol. The average Bonchev–Trinajstić information content (AvgIpc) is 2.85. The standard InChI is InChI=1S/C28H31NO5/c1-3-21(10-7-15-33-19-22-8-5-4-6-9-22)12-13-23(27(30)29-32)17-25-18-24-16-20(2)11-14-26(24)34-28(25)31/h3-11,14,16,18,23,32H,12-13,15,17,19H2,1-2H3,(H,29,30)/b10-7-,21-3+. The third-order valence-electron chi connectivity index (χ3n) is 5.72. The number of hydroxylamine groups is 1. The molecule has 0 aliphatic rings. The molecule has 0 aliphatic carbocycles. The van der Waals surface area contributed by atoms with Crippen LogP contribution in [0.5, 0.6) is 0 Å². The first-order chi connectivity index (χ1) is 16.5. The van der Waals surface area contributed by atoms with Crippen LogP contribution in [0.15, 0.2) is 87.6 Å². The molecule has 0 spiro atoms. The van der Waals surface area contributed by atoms with Gasteiger partial charge in [0.1, 0.15) is 5.58 Å². The van der Waals surface area contributed by atoms with E-state index in [2.05, 4.69) is 0 Å². The molecule has 0 saturated carbocycles. The Morgan fingerprint density at radius 2 is 1.97 bits per heavy atom. The molecule has 0 radical (unpaired) electrons. The molecular weight excluding hydrogens is 430 g/mol. The average molecular weight is 462 g/mol. The molecule has 34 heavy (non-hydrogen) atoms. The number of carbonyl (C=O) groups is 1. The van der Waals surface area contributed by atoms with Crippen molar-refractivity contribution in [3.63, 3.8) is 0 Å². The van der Waals surface area contributed by atoms with Gasteiger partial charge >= 0.3 is 5.63 Å². The Morgan fingerprint density at radius 3 is 2.71 bits per heavy atom. The molecule has 2 N–H and O–H groups in total. The minimum absolute atomic E-state index is 0.180. The fourth-order valence-corrected chi connectivity index (χ4v) is 3.79. The van der Waals surface area contributed by atoms with Crippen LogP contribution in [0.4, 0.5) is 0 Å². The van der Waals surface area contributed by atoms with Crippen molar-refractivity contribution >= 4 is 16.9 Å². The summed E-state index contributed by atoms with van der Waals surface area (Å²) in [5.41, 5.74) is 5.41. The van der Waals surface area contributed by atoms with Gasteiger partial charge in [-0.2, -0.15) is 0 Å². The highest BCUT2D eigenvalue weighted by molar-refractivity contribution is 5.79. The van der Waals surface area contributed by atoms with E-state index in [1.807, 2.05) is 74.5 Å². The molecule has 0 bridgehead atoms. The van der Waals surface area contributed by atoms with Crippen molar-refractivity contribution in [2.24, 2.45) is 5.92 Å². The van der Waals surface area contributed by atoms with Crippen LogP contribution in [0.3, 0.4) is 0 Å². The maximum Gasteiger partial charge on any atom is 0.339 e. The van der Waals surface area contributed by atoms with E-state index >= 15 is 0 Å². The van der Waals surface area contributed by atoms with E-state index in [4.69, 9.17) is 9.15 Å². The Bertz CT molecular complexity index is 1210. The number of carbonyl (C=O) groups excluding carboxylic acids is 1. The number of fused-ring (bicyclic) bond motifs is 1. The van der Waals surface area contributed by atoms with Gasteiger partial charge in [0.2, 0.25) is 5.91 Å². The third-order valence-corrected chi connectivity index (χ3v) is 5.72. The van der Waals surface area contributed by atoms with Crippen LogP contribution in [0.25, 0.3) is 11.0 Å². The van der Waals surface area contributed by atoms with E-state index in [-0.39, 0.29) is 6.42 Å². The molecule has 0 saturated heterocycles. The van der Waals surface area contributed by atoms with Gasteiger partial charge in [-0.05, 0) is 56.9 Å². The maximum atomic E-state index is 12.5. The van der Waals surface area contributed by atoms with Crippen LogP contribution in [0.1, 0.15) is 36.5 Å². The fourth-order valence-electron chi connectivity index (χ4n) is 3.79. The summed E-state index contributed by atoms with van der Waals surface area (Å²) in [6.45, 7) is 4.92. The zero-order valence-electron chi connectivity index (χ0n) is 19.6. The topological polar surface area (TPSA) is 88.8 Å². The minimum atomic E-state index is -0.576. The molecule has 1 heterocycles. The van der Waals surface area contributed by atoms with E-state index < -0.39 is 17.5 Å². The third kappa shape index (κ3) is 7.27. The van der Waals surface area contributed by atoms with E-state index in [0.717, 1.165) is 22.1 Å². The van der Waals surface area contributed by atoms with E-state index in [1.165, 1.54) is 0 Å². The lowest BCUT2D eigenvalue weighted by molar-refractivity contribution is -0.133. The molecule has 0 fully saturated rings. The zero-order chi connectivity index (χ0) is 24.3. The quantitative estimate of drug-likeness (QED) is 0.134. The Morgan fingerprint density at radius 1 is 1.18 bits per heavy atom. The van der Waals surface area contributed by atoms with Gasteiger partial charge < -0.3 is 9.15 Å². The Kier molecular flexibility index (Phi) is 9.38. The number of amides is 1. The highest BCUT2D eigenvalue weighted by atomic mass is 16.5. The highest BCUT2D eigenvalue weighted by Crippen LogP contribution is 2.21. The molecule has 3 aromatic rings. The summed E-state index contributed by atoms with van der Waals surface area (Å²) >= 11 is 0. The summed E-state index contributed by atoms with van der Waals surface area (Å²) in [4.78, 5) is 24.8. The van der Waals surface area contributed by atoms with Crippen LogP contribution in [-0.2, 0) is 22.6 Å². The normalized spacial score (nSPS) is 12.9. The largest absolute Gasteiger partial charge is 0.423 e. The molecule has 6 nitrogen and oxygen atoms in total. The Balaban J connectivity index is 1.60.